The number of nitrogens with zero attached hydrogens (tertiary/aromatic N) is 3. The van der Waals surface area contributed by atoms with Crippen LogP contribution in [-0.4, -0.2) is 60.9 Å². The van der Waals surface area contributed by atoms with E-state index in [0.717, 1.165) is 47.6 Å². The number of alkyl halides is 1. The fourth-order valence-electron chi connectivity index (χ4n) is 5.32. The number of carbonyl (C=O) groups excluding carboxylic acids is 1. The summed E-state index contributed by atoms with van der Waals surface area (Å²) in [6, 6.07) is 15.5. The highest BCUT2D eigenvalue weighted by atomic mass is 19.1. The Labute approximate surface area is 223 Å². The van der Waals surface area contributed by atoms with Crippen LogP contribution >= 0.6 is 0 Å². The molecule has 0 spiro atoms. The molecule has 5 rings (SSSR count). The van der Waals surface area contributed by atoms with Crippen molar-refractivity contribution in [3.63, 3.8) is 0 Å². The average molecular weight is 515 g/mol. The Bertz CT molecular complexity index is 1320. The minimum absolute atomic E-state index is 0.0294. The SMILES string of the molecule is C=CC(=O)Nc1cccc(C2=CCC3(C)C2=NC(Nc2ccc(NC4CCN(C)CC4F)cc2)=N[C@@H]3C)c1. The maximum atomic E-state index is 14.4. The van der Waals surface area contributed by atoms with E-state index in [-0.39, 0.29) is 23.4 Å². The predicted octanol–water partition coefficient (Wildman–Crippen LogP) is 5.37. The van der Waals surface area contributed by atoms with Crippen LogP contribution in [-0.2, 0) is 4.79 Å². The number of amides is 1. The van der Waals surface area contributed by atoms with Crippen LogP contribution in [0.15, 0.2) is 77.2 Å². The first-order chi connectivity index (χ1) is 18.2. The molecule has 1 amide bonds. The molecule has 1 fully saturated rings. The van der Waals surface area contributed by atoms with Crippen LogP contribution in [0.5, 0.6) is 0 Å². The van der Waals surface area contributed by atoms with Gasteiger partial charge < -0.3 is 20.9 Å². The summed E-state index contributed by atoms with van der Waals surface area (Å²) in [5.41, 5.74) is 5.32. The maximum Gasteiger partial charge on any atom is 0.247 e. The Balaban J connectivity index is 1.31. The third-order valence-corrected chi connectivity index (χ3v) is 7.85. The zero-order valence-corrected chi connectivity index (χ0v) is 22.2. The second-order valence-corrected chi connectivity index (χ2v) is 10.6. The third-order valence-electron chi connectivity index (χ3n) is 7.85. The number of benzene rings is 2. The number of rotatable bonds is 6. The zero-order chi connectivity index (χ0) is 26.9. The number of allylic oxidation sites excluding steroid dienone is 2. The third kappa shape index (κ3) is 5.27. The highest BCUT2D eigenvalue weighted by Gasteiger charge is 2.44. The van der Waals surface area contributed by atoms with Crippen molar-refractivity contribution < 1.29 is 9.18 Å². The van der Waals surface area contributed by atoms with Gasteiger partial charge in [-0.1, -0.05) is 31.7 Å². The Hall–Kier alpha value is -3.78. The van der Waals surface area contributed by atoms with Gasteiger partial charge in [0, 0.05) is 41.1 Å². The summed E-state index contributed by atoms with van der Waals surface area (Å²) in [6.45, 7) is 9.19. The van der Waals surface area contributed by atoms with Crippen molar-refractivity contribution in [2.75, 3.05) is 36.1 Å². The van der Waals surface area contributed by atoms with Crippen LogP contribution in [0.25, 0.3) is 5.57 Å². The Morgan fingerprint density at radius 3 is 2.68 bits per heavy atom. The molecule has 0 aromatic heterocycles. The number of aliphatic imine (C=N–C) groups is 2. The van der Waals surface area contributed by atoms with Crippen LogP contribution in [0, 0.1) is 5.41 Å². The van der Waals surface area contributed by atoms with Crippen molar-refractivity contribution in [1.82, 2.24) is 4.90 Å². The molecule has 2 aromatic rings. The molecule has 0 bridgehead atoms. The quantitative estimate of drug-likeness (QED) is 0.453. The number of anilines is 3. The summed E-state index contributed by atoms with van der Waals surface area (Å²) >= 11 is 0. The molecule has 1 aliphatic carbocycles. The summed E-state index contributed by atoms with van der Waals surface area (Å²) in [7, 11) is 1.95. The molecule has 0 radical (unpaired) electrons. The van der Waals surface area contributed by atoms with E-state index in [9.17, 15) is 9.18 Å². The number of carbonyl (C=O) groups is 1. The second kappa shape index (κ2) is 10.5. The first-order valence-electron chi connectivity index (χ1n) is 13.1. The lowest BCUT2D eigenvalue weighted by Crippen LogP contribution is -2.46. The van der Waals surface area contributed by atoms with Gasteiger partial charge in [0.15, 0.2) is 0 Å². The van der Waals surface area contributed by atoms with Gasteiger partial charge in [-0.05, 0) is 74.9 Å². The zero-order valence-electron chi connectivity index (χ0n) is 22.2. The standard InChI is InChI=1S/C30H35FN6O/c1-5-27(38)34-23-8-6-7-20(17-23)24-13-15-30(3)19(2)32-29(36-28(24)30)35-22-11-9-21(10-12-22)33-26-14-16-37(4)18-25(26)31/h5-13,17,19,25-26,33H,1,14-16,18H2,2-4H3,(H,32,35)(H,34,38)/t19-,25?,26?,30?/m1/s1. The summed E-state index contributed by atoms with van der Waals surface area (Å²) in [4.78, 5) is 23.7. The van der Waals surface area contributed by atoms with Crippen molar-refractivity contribution in [3.05, 3.63) is 72.8 Å². The minimum Gasteiger partial charge on any atom is -0.379 e. The lowest BCUT2D eigenvalue weighted by atomic mass is 9.77. The monoisotopic (exact) mass is 514 g/mol. The largest absolute Gasteiger partial charge is 0.379 e. The van der Waals surface area contributed by atoms with Gasteiger partial charge in [0.1, 0.15) is 6.17 Å². The fraction of sp³-hybridized carbons (Fsp3) is 0.367. The molecule has 3 unspecified atom stereocenters. The van der Waals surface area contributed by atoms with Gasteiger partial charge in [0.2, 0.25) is 11.9 Å². The first-order valence-corrected chi connectivity index (χ1v) is 13.1. The van der Waals surface area contributed by atoms with Gasteiger partial charge in [-0.25, -0.2) is 14.4 Å². The second-order valence-electron chi connectivity index (χ2n) is 10.6. The average Bonchev–Trinajstić information content (AvgIpc) is 3.25. The maximum absolute atomic E-state index is 14.4. The first kappa shape index (κ1) is 25.9. The Morgan fingerprint density at radius 2 is 1.95 bits per heavy atom. The number of fused-ring (bicyclic) bond motifs is 1. The number of piperidine rings is 1. The van der Waals surface area contributed by atoms with Crippen LogP contribution < -0.4 is 16.0 Å². The smallest absolute Gasteiger partial charge is 0.247 e. The Morgan fingerprint density at radius 1 is 1.18 bits per heavy atom. The minimum atomic E-state index is -0.887. The van der Waals surface area contributed by atoms with Crippen molar-refractivity contribution in [2.45, 2.75) is 44.9 Å². The van der Waals surface area contributed by atoms with Gasteiger partial charge in [-0.15, -0.1) is 0 Å². The predicted molar refractivity (Wildman–Crippen MR) is 155 cm³/mol. The summed E-state index contributed by atoms with van der Waals surface area (Å²) in [5, 5.41) is 9.54. The molecule has 2 heterocycles. The van der Waals surface area contributed by atoms with E-state index in [0.29, 0.717) is 18.2 Å². The summed E-state index contributed by atoms with van der Waals surface area (Å²) in [5.74, 6) is 0.320. The molecule has 3 N–H and O–H groups in total. The van der Waals surface area contributed by atoms with Crippen molar-refractivity contribution in [2.24, 2.45) is 15.4 Å². The molecule has 3 aliphatic rings. The molecule has 38 heavy (non-hydrogen) atoms. The van der Waals surface area contributed by atoms with Crippen molar-refractivity contribution >= 4 is 40.2 Å². The molecule has 4 atom stereocenters. The van der Waals surface area contributed by atoms with E-state index >= 15 is 0 Å². The fourth-order valence-corrected chi connectivity index (χ4v) is 5.32. The number of nitrogens with one attached hydrogen (secondary N) is 3. The molecule has 1 saturated heterocycles. The van der Waals surface area contributed by atoms with Gasteiger partial charge in [0.05, 0.1) is 17.8 Å². The van der Waals surface area contributed by atoms with Crippen molar-refractivity contribution in [1.29, 1.82) is 0 Å². The molecular weight excluding hydrogens is 479 g/mol. The molecule has 0 saturated carbocycles. The summed E-state index contributed by atoms with van der Waals surface area (Å²) < 4.78 is 14.4. The van der Waals surface area contributed by atoms with Crippen molar-refractivity contribution in [3.8, 4) is 0 Å². The van der Waals surface area contributed by atoms with Crippen LogP contribution in [0.3, 0.4) is 0 Å². The van der Waals surface area contributed by atoms with E-state index in [1.807, 2.05) is 60.5 Å². The van der Waals surface area contributed by atoms with E-state index in [2.05, 4.69) is 42.5 Å². The van der Waals surface area contributed by atoms with Gasteiger partial charge in [0.25, 0.3) is 0 Å². The molecule has 198 valence electrons. The number of guanidine groups is 1. The molecule has 2 aromatic carbocycles. The lowest BCUT2D eigenvalue weighted by Gasteiger charge is -2.34. The number of likely N-dealkylation sites (tertiary alicyclic amines) is 1. The Kier molecular flexibility index (Phi) is 7.17. The molecule has 7 nitrogen and oxygen atoms in total. The molecular formula is C30H35FN6O. The van der Waals surface area contributed by atoms with E-state index < -0.39 is 6.17 Å². The normalized spacial score (nSPS) is 26.9. The highest BCUT2D eigenvalue weighted by molar-refractivity contribution is 6.32. The number of halogens is 1. The van der Waals surface area contributed by atoms with Gasteiger partial charge >= 0.3 is 0 Å². The number of hydrogen-bond acceptors (Lipinski definition) is 6. The van der Waals surface area contributed by atoms with Crippen LogP contribution in [0.4, 0.5) is 21.5 Å². The van der Waals surface area contributed by atoms with E-state index in [1.54, 1.807) is 0 Å². The highest BCUT2D eigenvalue weighted by Crippen LogP contribution is 2.45. The lowest BCUT2D eigenvalue weighted by molar-refractivity contribution is -0.111. The topological polar surface area (TPSA) is 81.1 Å². The summed E-state index contributed by atoms with van der Waals surface area (Å²) in [6.07, 6.45) is 4.21. The van der Waals surface area contributed by atoms with Crippen LogP contribution in [0.1, 0.15) is 32.3 Å². The number of hydrogen-bond donors (Lipinski definition) is 3. The van der Waals surface area contributed by atoms with Crippen LogP contribution in [0.2, 0.25) is 0 Å². The van der Waals surface area contributed by atoms with Gasteiger partial charge in [-0.3, -0.25) is 4.79 Å². The van der Waals surface area contributed by atoms with E-state index in [4.69, 9.17) is 9.98 Å². The molecule has 8 heteroatoms. The van der Waals surface area contributed by atoms with E-state index in [1.165, 1.54) is 6.08 Å². The van der Waals surface area contributed by atoms with Gasteiger partial charge in [-0.2, -0.15) is 0 Å². The molecule has 2 aliphatic heterocycles.